The lowest BCUT2D eigenvalue weighted by molar-refractivity contribution is -0.137. The van der Waals surface area contributed by atoms with E-state index in [0.29, 0.717) is 0 Å². The number of ether oxygens (including phenoxy) is 3. The summed E-state index contributed by atoms with van der Waals surface area (Å²) in [4.78, 5) is 50.2. The molecule has 0 bridgehead atoms. The normalized spacial score (nSPS) is 11.7. The number of rotatable bonds is 9. The Bertz CT molecular complexity index is 1590. The van der Waals surface area contributed by atoms with Gasteiger partial charge in [0.25, 0.3) is 0 Å². The molecule has 0 aliphatic rings. The maximum atomic E-state index is 13.1. The molecule has 0 spiro atoms. The molecule has 0 aliphatic carbocycles. The van der Waals surface area contributed by atoms with E-state index in [0.717, 1.165) is 17.9 Å². The summed E-state index contributed by atoms with van der Waals surface area (Å²) in [5, 5.41) is 12.9. The molecule has 0 fully saturated rings. The second-order valence-corrected chi connectivity index (χ2v) is 9.03. The highest BCUT2D eigenvalue weighted by Gasteiger charge is 2.28. The number of nitrogens with one attached hydrogen (secondary N) is 1. The van der Waals surface area contributed by atoms with Crippen LogP contribution in [0.5, 0.6) is 11.5 Å². The summed E-state index contributed by atoms with van der Waals surface area (Å²) in [5.74, 6) is -2.54. The fourth-order valence-corrected chi connectivity index (χ4v) is 3.80. The van der Waals surface area contributed by atoms with Gasteiger partial charge in [-0.3, -0.25) is 4.79 Å². The van der Waals surface area contributed by atoms with Crippen molar-refractivity contribution in [2.75, 3.05) is 6.61 Å². The van der Waals surface area contributed by atoms with Crippen LogP contribution in [0.1, 0.15) is 36.9 Å². The van der Waals surface area contributed by atoms with Gasteiger partial charge >= 0.3 is 18.0 Å². The summed E-state index contributed by atoms with van der Waals surface area (Å²) in [6.45, 7) is 5.25. The molecule has 2 aromatic carbocycles. The van der Waals surface area contributed by atoms with Crippen molar-refractivity contribution in [3.05, 3.63) is 82.4 Å². The van der Waals surface area contributed by atoms with Crippen LogP contribution in [0.3, 0.4) is 0 Å². The van der Waals surface area contributed by atoms with Crippen molar-refractivity contribution in [1.82, 2.24) is 5.32 Å². The first-order valence-electron chi connectivity index (χ1n) is 12.4. The minimum atomic E-state index is -1.07. The molecule has 4 rings (SSSR count). The van der Waals surface area contributed by atoms with Gasteiger partial charge in [-0.25, -0.2) is 14.4 Å². The van der Waals surface area contributed by atoms with E-state index in [1.807, 2.05) is 18.2 Å². The van der Waals surface area contributed by atoms with Crippen molar-refractivity contribution >= 4 is 29.0 Å². The number of carbonyl (C=O) groups is 3. The standard InChI is InChI=1S/C29H27NO10/c1-4-36-27(33)22-11-10-21(40-22)19-15-37-23-13-18(12-20(31)24(23)26(19)32)39-28(34)25(16(2)3)30-29(35)38-14-17-8-6-5-7-9-17/h5-13,15-16,25,31H,4,14H2,1-3H3,(H,30,35)/t25-/m1/s1. The van der Waals surface area contributed by atoms with Gasteiger partial charge in [-0.2, -0.15) is 0 Å². The number of benzene rings is 2. The molecule has 2 N–H and O–H groups in total. The molecule has 1 atom stereocenters. The predicted molar refractivity (Wildman–Crippen MR) is 142 cm³/mol. The molecule has 1 amide bonds. The van der Waals surface area contributed by atoms with Crippen LogP contribution in [-0.4, -0.2) is 35.8 Å². The molecule has 208 valence electrons. The highest BCUT2D eigenvalue weighted by molar-refractivity contribution is 5.90. The average Bonchev–Trinajstić information content (AvgIpc) is 3.41. The first-order valence-corrected chi connectivity index (χ1v) is 12.4. The van der Waals surface area contributed by atoms with Crippen LogP contribution in [0.25, 0.3) is 22.3 Å². The monoisotopic (exact) mass is 549 g/mol. The summed E-state index contributed by atoms with van der Waals surface area (Å²) < 4.78 is 26.4. The van der Waals surface area contributed by atoms with Gasteiger partial charge in [0, 0.05) is 12.1 Å². The Labute approximate surface area is 228 Å². The first kappa shape index (κ1) is 28.0. The lowest BCUT2D eigenvalue weighted by Gasteiger charge is -2.20. The highest BCUT2D eigenvalue weighted by Crippen LogP contribution is 2.31. The molecule has 40 heavy (non-hydrogen) atoms. The smallest absolute Gasteiger partial charge is 0.408 e. The van der Waals surface area contributed by atoms with Crippen LogP contribution in [0.2, 0.25) is 0 Å². The lowest BCUT2D eigenvalue weighted by atomic mass is 10.1. The molecule has 0 saturated carbocycles. The van der Waals surface area contributed by atoms with E-state index < -0.39 is 35.3 Å². The summed E-state index contributed by atoms with van der Waals surface area (Å²) in [5.41, 5.74) is 0.0413. The number of hydrogen-bond acceptors (Lipinski definition) is 10. The Morgan fingerprint density at radius 1 is 1.02 bits per heavy atom. The third kappa shape index (κ3) is 6.32. The maximum Gasteiger partial charge on any atom is 0.408 e. The fraction of sp³-hybridized carbons (Fsp3) is 0.241. The second kappa shape index (κ2) is 12.2. The van der Waals surface area contributed by atoms with Crippen molar-refractivity contribution in [3.8, 4) is 22.8 Å². The van der Waals surface area contributed by atoms with E-state index in [1.165, 1.54) is 18.2 Å². The van der Waals surface area contributed by atoms with Crippen LogP contribution in [-0.2, 0) is 20.9 Å². The maximum absolute atomic E-state index is 13.1. The number of esters is 2. The van der Waals surface area contributed by atoms with Gasteiger partial charge in [0.2, 0.25) is 11.2 Å². The molecule has 2 heterocycles. The zero-order valence-electron chi connectivity index (χ0n) is 22.0. The number of furan rings is 1. The molecule has 0 aliphatic heterocycles. The Morgan fingerprint density at radius 2 is 1.77 bits per heavy atom. The Kier molecular flexibility index (Phi) is 8.53. The van der Waals surface area contributed by atoms with Crippen molar-refractivity contribution in [2.45, 2.75) is 33.4 Å². The molecule has 0 saturated heterocycles. The number of carbonyl (C=O) groups excluding carboxylic acids is 3. The van der Waals surface area contributed by atoms with Crippen LogP contribution in [0.4, 0.5) is 4.79 Å². The largest absolute Gasteiger partial charge is 0.507 e. The number of phenolic OH excluding ortho intramolecular Hbond substituents is 1. The van der Waals surface area contributed by atoms with E-state index in [2.05, 4.69) is 5.32 Å². The van der Waals surface area contributed by atoms with Crippen molar-refractivity contribution < 1.29 is 42.5 Å². The first-order chi connectivity index (χ1) is 19.2. The van der Waals surface area contributed by atoms with Gasteiger partial charge in [0.15, 0.2) is 0 Å². The van der Waals surface area contributed by atoms with Crippen LogP contribution in [0.15, 0.2) is 74.5 Å². The van der Waals surface area contributed by atoms with Gasteiger partial charge < -0.3 is 33.5 Å². The van der Waals surface area contributed by atoms with Crippen LogP contribution < -0.4 is 15.5 Å². The van der Waals surface area contributed by atoms with Gasteiger partial charge in [0.1, 0.15) is 52.7 Å². The number of phenols is 1. The molecule has 0 unspecified atom stereocenters. The SMILES string of the molecule is CCOC(=O)c1ccc(-c2coc3cc(OC(=O)[C@H](NC(=O)OCc4ccccc4)C(C)C)cc(O)c3c2=O)o1. The Balaban J connectivity index is 1.50. The zero-order chi connectivity index (χ0) is 28.8. The number of aromatic hydroxyl groups is 1. The third-order valence-electron chi connectivity index (χ3n) is 5.80. The fourth-order valence-electron chi connectivity index (χ4n) is 3.80. The summed E-state index contributed by atoms with van der Waals surface area (Å²) in [6.07, 6.45) is 0.299. The molecule has 4 aromatic rings. The summed E-state index contributed by atoms with van der Waals surface area (Å²) in [7, 11) is 0. The topological polar surface area (TPSA) is 155 Å². The Morgan fingerprint density at radius 3 is 2.48 bits per heavy atom. The average molecular weight is 550 g/mol. The van der Waals surface area contributed by atoms with E-state index in [9.17, 15) is 24.3 Å². The molecular formula is C29H27NO10. The highest BCUT2D eigenvalue weighted by atomic mass is 16.6. The van der Waals surface area contributed by atoms with Crippen LogP contribution in [0, 0.1) is 5.92 Å². The quantitative estimate of drug-likeness (QED) is 0.220. The lowest BCUT2D eigenvalue weighted by Crippen LogP contribution is -2.46. The minimum Gasteiger partial charge on any atom is -0.507 e. The molecule has 11 heteroatoms. The van der Waals surface area contributed by atoms with Crippen molar-refractivity contribution in [2.24, 2.45) is 5.92 Å². The number of alkyl carbamates (subject to hydrolysis) is 1. The van der Waals surface area contributed by atoms with E-state index >= 15 is 0 Å². The van der Waals surface area contributed by atoms with Crippen molar-refractivity contribution in [3.63, 3.8) is 0 Å². The van der Waals surface area contributed by atoms with Crippen LogP contribution >= 0.6 is 0 Å². The third-order valence-corrected chi connectivity index (χ3v) is 5.80. The van der Waals surface area contributed by atoms with Gasteiger partial charge in [-0.05, 0) is 30.5 Å². The number of amides is 1. The van der Waals surface area contributed by atoms with Gasteiger partial charge in [-0.15, -0.1) is 0 Å². The molecule has 2 aromatic heterocycles. The van der Waals surface area contributed by atoms with Crippen molar-refractivity contribution in [1.29, 1.82) is 0 Å². The van der Waals surface area contributed by atoms with E-state index in [-0.39, 0.29) is 52.9 Å². The van der Waals surface area contributed by atoms with E-state index in [1.54, 1.807) is 32.9 Å². The molecular weight excluding hydrogens is 522 g/mol. The second-order valence-electron chi connectivity index (χ2n) is 9.03. The molecule has 0 radical (unpaired) electrons. The molecule has 11 nitrogen and oxygen atoms in total. The predicted octanol–water partition coefficient (Wildman–Crippen LogP) is 4.79. The van der Waals surface area contributed by atoms with E-state index in [4.69, 9.17) is 23.0 Å². The Hall–Kier alpha value is -5.06. The summed E-state index contributed by atoms with van der Waals surface area (Å²) >= 11 is 0. The summed E-state index contributed by atoms with van der Waals surface area (Å²) in [6, 6.07) is 13.1. The zero-order valence-corrected chi connectivity index (χ0v) is 22.0. The van der Waals surface area contributed by atoms with Gasteiger partial charge in [-0.1, -0.05) is 44.2 Å². The minimum absolute atomic E-state index is 0.0221. The number of hydrogen-bond donors (Lipinski definition) is 2. The van der Waals surface area contributed by atoms with Gasteiger partial charge in [0.05, 0.1) is 6.61 Å². The number of fused-ring (bicyclic) bond motifs is 1.